The van der Waals surface area contributed by atoms with Crippen molar-refractivity contribution >= 4 is 13.7 Å². The van der Waals surface area contributed by atoms with Crippen LogP contribution in [-0.4, -0.2) is 73.4 Å². The molecule has 0 spiro atoms. The number of carbonyl (C=O) groups is 1. The van der Waals surface area contributed by atoms with Crippen LogP contribution < -0.4 is 5.32 Å². The highest BCUT2D eigenvalue weighted by molar-refractivity contribution is 7.47. The van der Waals surface area contributed by atoms with Gasteiger partial charge in [0, 0.05) is 6.42 Å². The van der Waals surface area contributed by atoms with E-state index in [0.29, 0.717) is 17.4 Å². The van der Waals surface area contributed by atoms with Crippen LogP contribution in [0.3, 0.4) is 0 Å². The number of aliphatic hydroxyl groups is 1. The van der Waals surface area contributed by atoms with E-state index in [1.165, 1.54) is 302 Å². The first kappa shape index (κ1) is 76.0. The van der Waals surface area contributed by atoms with Gasteiger partial charge in [0.1, 0.15) is 13.2 Å². The molecule has 0 radical (unpaired) electrons. The normalized spacial score (nSPS) is 13.8. The lowest BCUT2D eigenvalue weighted by molar-refractivity contribution is -0.870. The maximum Gasteiger partial charge on any atom is 0.472 e. The number of nitrogens with zero attached hydrogens (tertiary/aromatic N) is 1. The lowest BCUT2D eigenvalue weighted by atomic mass is 10.0. The summed E-state index contributed by atoms with van der Waals surface area (Å²) >= 11 is 0. The third-order valence-corrected chi connectivity index (χ3v) is 16.9. The lowest BCUT2D eigenvalue weighted by Gasteiger charge is -2.25. The fraction of sp³-hybridized carbons (Fsp3) is 0.926. The number of nitrogens with one attached hydrogen (secondary N) is 1. The van der Waals surface area contributed by atoms with Crippen molar-refractivity contribution < 1.29 is 32.9 Å². The molecule has 0 bridgehead atoms. The average Bonchev–Trinajstić information content (AvgIpc) is 3.39. The fourth-order valence-corrected chi connectivity index (χ4v) is 11.3. The summed E-state index contributed by atoms with van der Waals surface area (Å²) in [5, 5.41) is 14.0. The number of phosphoric ester groups is 1. The molecule has 0 rings (SSSR count). The molecular formula is C68H136N2O6P+. The number of likely N-dealkylation sites (N-methyl/N-ethyl adjacent to an activating group) is 1. The Kier molecular flexibility index (Phi) is 58.8. The predicted octanol–water partition coefficient (Wildman–Crippen LogP) is 21.5. The molecule has 9 heteroatoms. The predicted molar refractivity (Wildman–Crippen MR) is 337 cm³/mol. The molecule has 3 N–H and O–H groups in total. The summed E-state index contributed by atoms with van der Waals surface area (Å²) in [6.07, 6.45) is 77.4. The second-order valence-corrected chi connectivity index (χ2v) is 26.4. The lowest BCUT2D eigenvalue weighted by Crippen LogP contribution is -2.45. The number of hydrogen-bond donors (Lipinski definition) is 3. The van der Waals surface area contributed by atoms with Gasteiger partial charge >= 0.3 is 7.82 Å². The summed E-state index contributed by atoms with van der Waals surface area (Å²) in [5.74, 6) is -0.169. The van der Waals surface area contributed by atoms with Crippen molar-refractivity contribution in [3.05, 3.63) is 24.3 Å². The Morgan fingerprint density at radius 3 is 1.00 bits per heavy atom. The van der Waals surface area contributed by atoms with E-state index in [-0.39, 0.29) is 19.1 Å². The Balaban J connectivity index is 4.06. The SMILES string of the molecule is CCCCCCCCCC/C=C\CCCCCCCCCCCCCCCCCCCC(=O)NC(COP(=O)(O)OCC[N+](C)(C)C)C(O)/C=C/CCCCCCCCCCCCCCCCCCCCCCCCCC. The van der Waals surface area contributed by atoms with Gasteiger partial charge in [-0.05, 0) is 44.9 Å². The smallest absolute Gasteiger partial charge is 0.387 e. The van der Waals surface area contributed by atoms with Crippen molar-refractivity contribution in [1.82, 2.24) is 5.32 Å². The molecule has 1 amide bonds. The van der Waals surface area contributed by atoms with Gasteiger partial charge in [-0.1, -0.05) is 327 Å². The van der Waals surface area contributed by atoms with Gasteiger partial charge in [-0.3, -0.25) is 13.8 Å². The minimum Gasteiger partial charge on any atom is -0.387 e. The molecule has 0 aromatic heterocycles. The van der Waals surface area contributed by atoms with E-state index in [1.54, 1.807) is 6.08 Å². The zero-order valence-corrected chi connectivity index (χ0v) is 53.4. The molecule has 0 aromatic carbocycles. The fourth-order valence-electron chi connectivity index (χ4n) is 10.6. The summed E-state index contributed by atoms with van der Waals surface area (Å²) in [4.78, 5) is 23.4. The Morgan fingerprint density at radius 1 is 0.429 bits per heavy atom. The summed E-state index contributed by atoms with van der Waals surface area (Å²) in [7, 11) is 1.59. The molecule has 3 unspecified atom stereocenters. The molecular weight excluding hydrogens is 972 g/mol. The van der Waals surface area contributed by atoms with Gasteiger partial charge in [-0.25, -0.2) is 4.57 Å². The van der Waals surface area contributed by atoms with Crippen LogP contribution in [0, 0.1) is 0 Å². The molecule has 77 heavy (non-hydrogen) atoms. The quantitative estimate of drug-likeness (QED) is 0.0243. The van der Waals surface area contributed by atoms with Crippen LogP contribution in [0.2, 0.25) is 0 Å². The minimum atomic E-state index is -4.35. The number of aliphatic hydroxyl groups excluding tert-OH is 1. The van der Waals surface area contributed by atoms with Crippen molar-refractivity contribution in [2.45, 2.75) is 366 Å². The Morgan fingerprint density at radius 2 is 0.701 bits per heavy atom. The second-order valence-electron chi connectivity index (χ2n) is 24.9. The number of allylic oxidation sites excluding steroid dienone is 3. The minimum absolute atomic E-state index is 0.0643. The number of rotatable bonds is 64. The van der Waals surface area contributed by atoms with Crippen LogP contribution in [-0.2, 0) is 18.4 Å². The number of carbonyl (C=O) groups excluding carboxylic acids is 1. The molecule has 0 aliphatic carbocycles. The highest BCUT2D eigenvalue weighted by Gasteiger charge is 2.28. The van der Waals surface area contributed by atoms with Crippen LogP contribution in [0.15, 0.2) is 24.3 Å². The molecule has 0 saturated heterocycles. The van der Waals surface area contributed by atoms with Crippen LogP contribution in [0.4, 0.5) is 0 Å². The Labute approximate surface area is 481 Å². The van der Waals surface area contributed by atoms with E-state index in [1.807, 2.05) is 27.2 Å². The molecule has 458 valence electrons. The van der Waals surface area contributed by atoms with Crippen LogP contribution in [0.1, 0.15) is 354 Å². The van der Waals surface area contributed by atoms with E-state index in [4.69, 9.17) is 9.05 Å². The highest BCUT2D eigenvalue weighted by Crippen LogP contribution is 2.43. The molecule has 0 aliphatic rings. The second kappa shape index (κ2) is 59.6. The van der Waals surface area contributed by atoms with E-state index in [0.717, 1.165) is 32.1 Å². The van der Waals surface area contributed by atoms with E-state index in [2.05, 4.69) is 31.3 Å². The molecule has 0 aromatic rings. The first-order valence-electron chi connectivity index (χ1n) is 34.2. The van der Waals surface area contributed by atoms with E-state index < -0.39 is 20.0 Å². The van der Waals surface area contributed by atoms with Gasteiger partial charge in [-0.15, -0.1) is 0 Å². The summed E-state index contributed by atoms with van der Waals surface area (Å²) in [6.45, 7) is 4.88. The molecule has 8 nitrogen and oxygen atoms in total. The molecule has 3 atom stereocenters. The van der Waals surface area contributed by atoms with Gasteiger partial charge < -0.3 is 19.8 Å². The highest BCUT2D eigenvalue weighted by atomic mass is 31.2. The maximum atomic E-state index is 13.0. The standard InChI is InChI=1S/C68H135N2O6P/c1-6-8-10-12-14-16-18-20-22-24-26-28-30-32-34-35-36-38-40-42-44-46-48-50-52-54-56-58-60-62-68(72)69-66(65-76-77(73,74)75-64-63-70(3,4)5)67(71)61-59-57-55-53-51-49-47-45-43-41-39-37-33-31-29-27-25-23-21-19-17-15-13-11-9-7-2/h24,26,59,61,66-67,71H,6-23,25,27-58,60,62-65H2,1-5H3,(H-,69,72,73,74)/p+1/b26-24-,61-59+. The number of hydrogen-bond acceptors (Lipinski definition) is 5. The third-order valence-electron chi connectivity index (χ3n) is 15.9. The third kappa shape index (κ3) is 62.4. The van der Waals surface area contributed by atoms with E-state index in [9.17, 15) is 19.4 Å². The van der Waals surface area contributed by atoms with Crippen LogP contribution >= 0.6 is 7.82 Å². The number of quaternary nitrogens is 1. The van der Waals surface area contributed by atoms with Gasteiger partial charge in [0.2, 0.25) is 5.91 Å². The van der Waals surface area contributed by atoms with Crippen LogP contribution in [0.25, 0.3) is 0 Å². The van der Waals surface area contributed by atoms with E-state index >= 15 is 0 Å². The first-order valence-corrected chi connectivity index (χ1v) is 35.7. The van der Waals surface area contributed by atoms with Crippen molar-refractivity contribution in [2.24, 2.45) is 0 Å². The number of amides is 1. The monoisotopic (exact) mass is 1110 g/mol. The van der Waals surface area contributed by atoms with Gasteiger partial charge in [0.15, 0.2) is 0 Å². The molecule has 0 heterocycles. The number of phosphoric acid groups is 1. The van der Waals surface area contributed by atoms with Crippen molar-refractivity contribution in [3.63, 3.8) is 0 Å². The Bertz CT molecular complexity index is 1300. The maximum absolute atomic E-state index is 13.0. The summed E-state index contributed by atoms with van der Waals surface area (Å²) < 4.78 is 23.8. The van der Waals surface area contributed by atoms with Gasteiger partial charge in [-0.2, -0.15) is 0 Å². The zero-order valence-electron chi connectivity index (χ0n) is 52.5. The Hall–Kier alpha value is -1.02. The molecule has 0 saturated carbocycles. The zero-order chi connectivity index (χ0) is 56.3. The molecule has 0 fully saturated rings. The van der Waals surface area contributed by atoms with Gasteiger partial charge in [0.05, 0.1) is 39.9 Å². The van der Waals surface area contributed by atoms with Crippen molar-refractivity contribution in [2.75, 3.05) is 40.9 Å². The topological polar surface area (TPSA) is 105 Å². The average molecular weight is 1110 g/mol. The van der Waals surface area contributed by atoms with Gasteiger partial charge in [0.25, 0.3) is 0 Å². The van der Waals surface area contributed by atoms with Crippen LogP contribution in [0.5, 0.6) is 0 Å². The summed E-state index contributed by atoms with van der Waals surface area (Å²) in [5.41, 5.74) is 0. The van der Waals surface area contributed by atoms with Crippen molar-refractivity contribution in [1.29, 1.82) is 0 Å². The number of unbranched alkanes of at least 4 members (excludes halogenated alkanes) is 49. The molecule has 0 aliphatic heterocycles. The first-order chi connectivity index (χ1) is 37.5. The largest absolute Gasteiger partial charge is 0.472 e. The van der Waals surface area contributed by atoms with Crippen molar-refractivity contribution in [3.8, 4) is 0 Å². The summed E-state index contributed by atoms with van der Waals surface area (Å²) in [6, 6.07) is -0.845.